The maximum absolute atomic E-state index is 13.3. The first kappa shape index (κ1) is 26.0. The molecule has 7 nitrogen and oxygen atoms in total. The molecule has 0 unspecified atom stereocenters. The number of carbonyl (C=O) groups is 1. The summed E-state index contributed by atoms with van der Waals surface area (Å²) >= 11 is 13.9. The number of halogens is 2. The fourth-order valence-electron chi connectivity index (χ4n) is 4.27. The standard InChI is InChI=1S/C28H22Cl2N4O3S/c1-28(2,3)27(36)37-12-24-32-22(13-38-24)15-5-8-23-18(9-15)19-11-20(17-7-6-16(29)10-21(17)30)26(35)33(4)25(19)34(23)14-31/h5-11,13H,12H2,1-4H3. The van der Waals surface area contributed by atoms with Crippen molar-refractivity contribution in [3.05, 3.63) is 73.3 Å². The van der Waals surface area contributed by atoms with Crippen LogP contribution in [0.2, 0.25) is 10.0 Å². The fraction of sp³-hybridized carbons (Fsp3) is 0.214. The Labute approximate surface area is 232 Å². The van der Waals surface area contributed by atoms with E-state index in [1.54, 1.807) is 52.1 Å². The summed E-state index contributed by atoms with van der Waals surface area (Å²) in [6, 6.07) is 12.4. The van der Waals surface area contributed by atoms with Crippen molar-refractivity contribution in [1.82, 2.24) is 14.1 Å². The van der Waals surface area contributed by atoms with Crippen molar-refractivity contribution in [2.24, 2.45) is 12.5 Å². The average Bonchev–Trinajstić information content (AvgIpc) is 3.46. The number of esters is 1. The van der Waals surface area contributed by atoms with Crippen LogP contribution in [-0.2, 0) is 23.2 Å². The summed E-state index contributed by atoms with van der Waals surface area (Å²) in [6.07, 6.45) is 2.19. The molecule has 0 fully saturated rings. The first-order chi connectivity index (χ1) is 18.0. The lowest BCUT2D eigenvalue weighted by atomic mass is 9.97. The molecule has 0 spiro atoms. The van der Waals surface area contributed by atoms with Gasteiger partial charge >= 0.3 is 5.97 Å². The lowest BCUT2D eigenvalue weighted by Gasteiger charge is -2.15. The van der Waals surface area contributed by atoms with Gasteiger partial charge in [-0.25, -0.2) is 9.55 Å². The van der Waals surface area contributed by atoms with Gasteiger partial charge in [0.05, 0.1) is 21.6 Å². The number of pyridine rings is 1. The van der Waals surface area contributed by atoms with Crippen molar-refractivity contribution in [1.29, 1.82) is 5.26 Å². The number of nitrogens with zero attached hydrogens (tertiary/aromatic N) is 4. The molecule has 2 aromatic carbocycles. The number of hydrogen-bond acceptors (Lipinski definition) is 6. The number of rotatable bonds is 4. The molecule has 0 bridgehead atoms. The van der Waals surface area contributed by atoms with E-state index in [1.165, 1.54) is 20.5 Å². The molecule has 10 heteroatoms. The summed E-state index contributed by atoms with van der Waals surface area (Å²) in [4.78, 5) is 30.1. The van der Waals surface area contributed by atoms with Crippen LogP contribution in [0.15, 0.2) is 52.6 Å². The summed E-state index contributed by atoms with van der Waals surface area (Å²) in [7, 11) is 1.64. The number of aryl methyl sites for hydroxylation is 1. The second-order valence-corrected chi connectivity index (χ2v) is 11.7. The van der Waals surface area contributed by atoms with Crippen LogP contribution in [-0.4, -0.2) is 20.1 Å². The summed E-state index contributed by atoms with van der Waals surface area (Å²) in [5.41, 5.74) is 2.79. The van der Waals surface area contributed by atoms with Crippen LogP contribution >= 0.6 is 34.5 Å². The lowest BCUT2D eigenvalue weighted by Crippen LogP contribution is -2.22. The van der Waals surface area contributed by atoms with E-state index < -0.39 is 5.41 Å². The molecule has 192 valence electrons. The molecule has 0 N–H and O–H groups in total. The van der Waals surface area contributed by atoms with Crippen molar-refractivity contribution in [2.45, 2.75) is 27.4 Å². The lowest BCUT2D eigenvalue weighted by molar-refractivity contribution is -0.154. The van der Waals surface area contributed by atoms with Gasteiger partial charge in [0.25, 0.3) is 5.56 Å². The van der Waals surface area contributed by atoms with Crippen LogP contribution in [0, 0.1) is 16.9 Å². The maximum atomic E-state index is 13.3. The van der Waals surface area contributed by atoms with Gasteiger partial charge in [-0.2, -0.15) is 5.26 Å². The molecular formula is C28H22Cl2N4O3S. The summed E-state index contributed by atoms with van der Waals surface area (Å²) in [6.45, 7) is 5.51. The Morgan fingerprint density at radius 3 is 2.55 bits per heavy atom. The Bertz CT molecular complexity index is 1850. The van der Waals surface area contributed by atoms with Crippen molar-refractivity contribution < 1.29 is 9.53 Å². The Hall–Kier alpha value is -3.64. The number of hydrogen-bond donors (Lipinski definition) is 0. The molecule has 5 rings (SSSR count). The Balaban J connectivity index is 1.63. The molecule has 0 atom stereocenters. The van der Waals surface area contributed by atoms with Crippen LogP contribution < -0.4 is 5.56 Å². The molecule has 0 radical (unpaired) electrons. The van der Waals surface area contributed by atoms with Crippen LogP contribution in [0.3, 0.4) is 0 Å². The second-order valence-electron chi connectivity index (χ2n) is 9.90. The van der Waals surface area contributed by atoms with Gasteiger partial charge in [-0.3, -0.25) is 14.2 Å². The molecule has 0 saturated carbocycles. The minimum atomic E-state index is -0.588. The van der Waals surface area contributed by atoms with E-state index in [9.17, 15) is 14.9 Å². The average molecular weight is 565 g/mol. The number of nitriles is 1. The number of aromatic nitrogens is 3. The number of benzene rings is 2. The molecule has 0 amide bonds. The maximum Gasteiger partial charge on any atom is 0.311 e. The van der Waals surface area contributed by atoms with Crippen molar-refractivity contribution in [2.75, 3.05) is 0 Å². The molecular weight excluding hydrogens is 543 g/mol. The van der Waals surface area contributed by atoms with E-state index in [1.807, 2.05) is 23.6 Å². The van der Waals surface area contributed by atoms with Gasteiger partial charge in [-0.05, 0) is 51.1 Å². The summed E-state index contributed by atoms with van der Waals surface area (Å²) in [5, 5.41) is 14.9. The minimum absolute atomic E-state index is 0.101. The smallest absolute Gasteiger partial charge is 0.311 e. The molecule has 38 heavy (non-hydrogen) atoms. The van der Waals surface area contributed by atoms with Gasteiger partial charge in [-0.1, -0.05) is 35.3 Å². The third-order valence-corrected chi connectivity index (χ3v) is 7.60. The molecule has 0 saturated heterocycles. The van der Waals surface area contributed by atoms with Crippen LogP contribution in [0.25, 0.3) is 44.3 Å². The molecule has 3 aromatic heterocycles. The molecule has 3 heterocycles. The summed E-state index contributed by atoms with van der Waals surface area (Å²) < 4.78 is 8.31. The van der Waals surface area contributed by atoms with Crippen LogP contribution in [0.4, 0.5) is 0 Å². The molecule has 5 aromatic rings. The number of ether oxygens (including phenoxy) is 1. The highest BCUT2D eigenvalue weighted by molar-refractivity contribution is 7.09. The second kappa shape index (κ2) is 9.59. The number of fused-ring (bicyclic) bond motifs is 3. The highest BCUT2D eigenvalue weighted by atomic mass is 35.5. The molecule has 0 aliphatic carbocycles. The topological polar surface area (TPSA) is 89.9 Å². The van der Waals surface area contributed by atoms with Gasteiger partial charge in [0, 0.05) is 44.9 Å². The Morgan fingerprint density at radius 1 is 1.11 bits per heavy atom. The number of carbonyl (C=O) groups excluding carboxylic acids is 1. The minimum Gasteiger partial charge on any atom is -0.458 e. The SMILES string of the molecule is Cn1c(=O)c(-c2ccc(Cl)cc2Cl)cc2c3cc(-c4csc(COC(=O)C(C)(C)C)n4)ccc3n(C#N)c21. The zero-order chi connectivity index (χ0) is 27.4. The van der Waals surface area contributed by atoms with E-state index in [0.717, 1.165) is 22.0 Å². The van der Waals surface area contributed by atoms with Crippen molar-refractivity contribution >= 4 is 62.4 Å². The van der Waals surface area contributed by atoms with E-state index in [0.29, 0.717) is 37.3 Å². The molecule has 0 aliphatic rings. The van der Waals surface area contributed by atoms with E-state index in [2.05, 4.69) is 11.2 Å². The number of thiazole rings is 1. The largest absolute Gasteiger partial charge is 0.458 e. The monoisotopic (exact) mass is 564 g/mol. The zero-order valence-electron chi connectivity index (χ0n) is 21.0. The fourth-order valence-corrected chi connectivity index (χ4v) is 5.50. The van der Waals surface area contributed by atoms with E-state index in [-0.39, 0.29) is 18.1 Å². The highest BCUT2D eigenvalue weighted by Gasteiger charge is 2.24. The van der Waals surface area contributed by atoms with Gasteiger partial charge in [0.15, 0.2) is 6.19 Å². The van der Waals surface area contributed by atoms with Gasteiger partial charge in [0.1, 0.15) is 17.3 Å². The highest BCUT2D eigenvalue weighted by Crippen LogP contribution is 2.35. The molecule has 0 aliphatic heterocycles. The quantitative estimate of drug-likeness (QED) is 0.219. The Kier molecular flexibility index (Phi) is 6.56. The van der Waals surface area contributed by atoms with E-state index >= 15 is 0 Å². The van der Waals surface area contributed by atoms with Crippen LogP contribution in [0.5, 0.6) is 0 Å². The predicted molar refractivity (Wildman–Crippen MR) is 152 cm³/mol. The van der Waals surface area contributed by atoms with Gasteiger partial charge < -0.3 is 4.74 Å². The Morgan fingerprint density at radius 2 is 1.87 bits per heavy atom. The first-order valence-electron chi connectivity index (χ1n) is 11.7. The van der Waals surface area contributed by atoms with Gasteiger partial charge in [0.2, 0.25) is 0 Å². The zero-order valence-corrected chi connectivity index (χ0v) is 23.3. The van der Waals surface area contributed by atoms with Crippen molar-refractivity contribution in [3.8, 4) is 28.6 Å². The van der Waals surface area contributed by atoms with Crippen LogP contribution in [0.1, 0.15) is 25.8 Å². The summed E-state index contributed by atoms with van der Waals surface area (Å²) in [5.74, 6) is -0.290. The third kappa shape index (κ3) is 4.47. The predicted octanol–water partition coefficient (Wildman–Crippen LogP) is 7.01. The third-order valence-electron chi connectivity index (χ3n) is 6.23. The van der Waals surface area contributed by atoms with Crippen molar-refractivity contribution in [3.63, 3.8) is 0 Å². The first-order valence-corrected chi connectivity index (χ1v) is 13.3. The van der Waals surface area contributed by atoms with Gasteiger partial charge in [-0.15, -0.1) is 11.3 Å². The normalized spacial score (nSPS) is 11.7. The van der Waals surface area contributed by atoms with E-state index in [4.69, 9.17) is 27.9 Å².